The highest BCUT2D eigenvalue weighted by molar-refractivity contribution is 6.06. The first-order chi connectivity index (χ1) is 19.6. The average molecular weight is 532 g/mol. The summed E-state index contributed by atoms with van der Waals surface area (Å²) in [4.78, 5) is 28.9. The molecule has 0 spiro atoms. The minimum Gasteiger partial charge on any atom is -0.376 e. The standard InChI is InChI=1S/C34H33N3O3/c38-33(27-14-12-26(13-15-27)24-7-2-1-3-8-24)36-29-16-17-32(37-19-18-25-9-4-5-10-28(25)23-37)31(21-29)34(39)35-22-30-11-6-20-40-30/h1-5,7-10,12-17,21,30H,6,11,18-20,22-23H2,(H,35,39)(H,36,38). The summed E-state index contributed by atoms with van der Waals surface area (Å²) < 4.78 is 5.70. The molecule has 202 valence electrons. The predicted octanol–water partition coefficient (Wildman–Crippen LogP) is 6.08. The van der Waals surface area contributed by atoms with E-state index in [4.69, 9.17) is 4.74 Å². The molecule has 2 amide bonds. The Balaban J connectivity index is 1.22. The molecular formula is C34H33N3O3. The summed E-state index contributed by atoms with van der Waals surface area (Å²) in [6.45, 7) is 2.78. The zero-order valence-corrected chi connectivity index (χ0v) is 22.4. The highest BCUT2D eigenvalue weighted by Crippen LogP contribution is 2.30. The van der Waals surface area contributed by atoms with Crippen LogP contribution in [-0.4, -0.2) is 37.6 Å². The van der Waals surface area contributed by atoms with Crippen molar-refractivity contribution in [2.24, 2.45) is 0 Å². The van der Waals surface area contributed by atoms with Gasteiger partial charge in [0.2, 0.25) is 0 Å². The van der Waals surface area contributed by atoms with Crippen LogP contribution in [-0.2, 0) is 17.7 Å². The fraction of sp³-hybridized carbons (Fsp3) is 0.235. The van der Waals surface area contributed by atoms with Crippen molar-refractivity contribution in [3.8, 4) is 11.1 Å². The molecule has 0 aliphatic carbocycles. The minimum atomic E-state index is -0.218. The Bertz CT molecular complexity index is 1490. The molecule has 6 nitrogen and oxygen atoms in total. The molecule has 1 saturated heterocycles. The van der Waals surface area contributed by atoms with Gasteiger partial charge in [0.25, 0.3) is 11.8 Å². The van der Waals surface area contributed by atoms with Crippen molar-refractivity contribution in [1.29, 1.82) is 0 Å². The van der Waals surface area contributed by atoms with Crippen LogP contribution < -0.4 is 15.5 Å². The van der Waals surface area contributed by atoms with Gasteiger partial charge < -0.3 is 20.3 Å². The van der Waals surface area contributed by atoms with E-state index in [-0.39, 0.29) is 17.9 Å². The molecule has 2 heterocycles. The lowest BCUT2D eigenvalue weighted by atomic mass is 9.98. The number of benzene rings is 4. The third-order valence-corrected chi connectivity index (χ3v) is 7.74. The zero-order chi connectivity index (χ0) is 27.3. The van der Waals surface area contributed by atoms with E-state index in [2.05, 4.69) is 39.8 Å². The fourth-order valence-electron chi connectivity index (χ4n) is 5.53. The largest absolute Gasteiger partial charge is 0.376 e. The van der Waals surface area contributed by atoms with Crippen LogP contribution in [0.1, 0.15) is 44.7 Å². The van der Waals surface area contributed by atoms with Crippen molar-refractivity contribution < 1.29 is 14.3 Å². The van der Waals surface area contributed by atoms with Gasteiger partial charge in [0.15, 0.2) is 0 Å². The van der Waals surface area contributed by atoms with Crippen molar-refractivity contribution in [2.75, 3.05) is 29.9 Å². The van der Waals surface area contributed by atoms with Crippen LogP contribution in [0.25, 0.3) is 11.1 Å². The summed E-state index contributed by atoms with van der Waals surface area (Å²) in [6, 6.07) is 31.7. The molecule has 4 aromatic carbocycles. The monoisotopic (exact) mass is 531 g/mol. The second-order valence-corrected chi connectivity index (χ2v) is 10.4. The van der Waals surface area contributed by atoms with Gasteiger partial charge in [0.1, 0.15) is 0 Å². The molecule has 0 radical (unpaired) electrons. The quantitative estimate of drug-likeness (QED) is 0.303. The van der Waals surface area contributed by atoms with E-state index < -0.39 is 0 Å². The summed E-state index contributed by atoms with van der Waals surface area (Å²) in [5, 5.41) is 6.06. The van der Waals surface area contributed by atoms with E-state index in [1.807, 2.05) is 66.7 Å². The molecule has 0 bridgehead atoms. The Labute approximate surface area is 235 Å². The third kappa shape index (κ3) is 5.77. The lowest BCUT2D eigenvalue weighted by Crippen LogP contribution is -2.35. The first kappa shape index (κ1) is 25.8. The van der Waals surface area contributed by atoms with Crippen LogP contribution in [0.4, 0.5) is 11.4 Å². The smallest absolute Gasteiger partial charge is 0.255 e. The lowest BCUT2D eigenvalue weighted by Gasteiger charge is -2.32. The molecule has 2 aliphatic heterocycles. The summed E-state index contributed by atoms with van der Waals surface area (Å²) in [5.74, 6) is -0.377. The second kappa shape index (κ2) is 11.8. The number of hydrogen-bond donors (Lipinski definition) is 2. The molecule has 2 N–H and O–H groups in total. The van der Waals surface area contributed by atoms with Gasteiger partial charge in [0, 0.05) is 43.2 Å². The normalized spacial score (nSPS) is 16.3. The zero-order valence-electron chi connectivity index (χ0n) is 22.4. The second-order valence-electron chi connectivity index (χ2n) is 10.4. The van der Waals surface area contributed by atoms with E-state index in [9.17, 15) is 9.59 Å². The van der Waals surface area contributed by atoms with Crippen LogP contribution >= 0.6 is 0 Å². The number of carbonyl (C=O) groups excluding carboxylic acids is 2. The van der Waals surface area contributed by atoms with Crippen LogP contribution in [0.2, 0.25) is 0 Å². The SMILES string of the molecule is O=C(Nc1ccc(N2CCc3ccccc3C2)c(C(=O)NCC2CCCO2)c1)c1ccc(-c2ccccc2)cc1. The first-order valence-corrected chi connectivity index (χ1v) is 14.0. The molecule has 0 saturated carbocycles. The van der Waals surface area contributed by atoms with Gasteiger partial charge in [0.05, 0.1) is 11.7 Å². The van der Waals surface area contributed by atoms with Crippen molar-refractivity contribution in [2.45, 2.75) is 31.9 Å². The lowest BCUT2D eigenvalue weighted by molar-refractivity contribution is 0.0858. The Morgan fingerprint density at radius 3 is 2.35 bits per heavy atom. The summed E-state index contributed by atoms with van der Waals surface area (Å²) in [7, 11) is 0. The predicted molar refractivity (Wildman–Crippen MR) is 159 cm³/mol. The highest BCUT2D eigenvalue weighted by atomic mass is 16.5. The van der Waals surface area contributed by atoms with Gasteiger partial charge in [-0.15, -0.1) is 0 Å². The number of ether oxygens (including phenoxy) is 1. The third-order valence-electron chi connectivity index (χ3n) is 7.74. The van der Waals surface area contributed by atoms with Crippen molar-refractivity contribution >= 4 is 23.2 Å². The Morgan fingerprint density at radius 2 is 1.57 bits per heavy atom. The van der Waals surface area contributed by atoms with Gasteiger partial charge in [-0.2, -0.15) is 0 Å². The van der Waals surface area contributed by atoms with E-state index in [1.54, 1.807) is 6.07 Å². The maximum absolute atomic E-state index is 13.5. The van der Waals surface area contributed by atoms with Crippen molar-refractivity contribution in [3.05, 3.63) is 119 Å². The minimum absolute atomic E-state index is 0.0519. The Hall–Kier alpha value is -4.42. The molecule has 2 aliphatic rings. The molecule has 4 aromatic rings. The molecule has 6 rings (SSSR count). The summed E-state index contributed by atoms with van der Waals surface area (Å²) >= 11 is 0. The number of carbonyl (C=O) groups is 2. The van der Waals surface area contributed by atoms with Gasteiger partial charge in [-0.3, -0.25) is 9.59 Å². The fourth-order valence-corrected chi connectivity index (χ4v) is 5.53. The van der Waals surface area contributed by atoms with Crippen molar-refractivity contribution in [1.82, 2.24) is 5.32 Å². The molecule has 1 atom stereocenters. The molecule has 0 aromatic heterocycles. The molecular weight excluding hydrogens is 498 g/mol. The number of fused-ring (bicyclic) bond motifs is 1. The van der Waals surface area contributed by atoms with E-state index in [0.717, 1.165) is 55.8 Å². The molecule has 6 heteroatoms. The maximum Gasteiger partial charge on any atom is 0.255 e. The number of nitrogens with one attached hydrogen (secondary N) is 2. The van der Waals surface area contributed by atoms with Crippen LogP contribution in [0.5, 0.6) is 0 Å². The highest BCUT2D eigenvalue weighted by Gasteiger charge is 2.23. The average Bonchev–Trinajstić information content (AvgIpc) is 3.54. The van der Waals surface area contributed by atoms with Crippen molar-refractivity contribution in [3.63, 3.8) is 0 Å². The molecule has 1 unspecified atom stereocenters. The van der Waals surface area contributed by atoms with E-state index >= 15 is 0 Å². The number of nitrogens with zero attached hydrogens (tertiary/aromatic N) is 1. The van der Waals surface area contributed by atoms with Crippen LogP contribution in [0, 0.1) is 0 Å². The van der Waals surface area contributed by atoms with E-state index in [1.165, 1.54) is 11.1 Å². The van der Waals surface area contributed by atoms with E-state index in [0.29, 0.717) is 23.4 Å². The number of anilines is 2. The van der Waals surface area contributed by atoms with Crippen LogP contribution in [0.15, 0.2) is 97.1 Å². The first-order valence-electron chi connectivity index (χ1n) is 14.0. The topological polar surface area (TPSA) is 70.7 Å². The maximum atomic E-state index is 13.5. The number of hydrogen-bond acceptors (Lipinski definition) is 4. The van der Waals surface area contributed by atoms with Gasteiger partial charge in [-0.1, -0.05) is 66.7 Å². The van der Waals surface area contributed by atoms with Gasteiger partial charge in [-0.05, 0) is 71.8 Å². The molecule has 40 heavy (non-hydrogen) atoms. The van der Waals surface area contributed by atoms with Gasteiger partial charge in [-0.25, -0.2) is 0 Å². The Morgan fingerprint density at radius 1 is 0.825 bits per heavy atom. The summed E-state index contributed by atoms with van der Waals surface area (Å²) in [6.07, 6.45) is 2.95. The number of rotatable bonds is 7. The van der Waals surface area contributed by atoms with Crippen LogP contribution in [0.3, 0.4) is 0 Å². The Kier molecular flexibility index (Phi) is 7.60. The molecule has 1 fully saturated rings. The summed E-state index contributed by atoms with van der Waals surface area (Å²) in [5.41, 5.74) is 7.33. The van der Waals surface area contributed by atoms with Gasteiger partial charge >= 0.3 is 0 Å². The number of amides is 2.